The number of ether oxygens (including phenoxy) is 3. The Kier molecular flexibility index (Phi) is 6.87. The summed E-state index contributed by atoms with van der Waals surface area (Å²) in [4.78, 5) is 0. The summed E-state index contributed by atoms with van der Waals surface area (Å²) in [6.45, 7) is 2.97. The molecule has 0 radical (unpaired) electrons. The summed E-state index contributed by atoms with van der Waals surface area (Å²) >= 11 is 0. The molecule has 0 saturated heterocycles. The molecule has 3 unspecified atom stereocenters. The van der Waals surface area contributed by atoms with Crippen LogP contribution in [0.1, 0.15) is 13.3 Å². The van der Waals surface area contributed by atoms with Crippen LogP contribution in [0, 0.1) is 0 Å². The first kappa shape index (κ1) is 14.8. The van der Waals surface area contributed by atoms with Crippen molar-refractivity contribution in [2.24, 2.45) is 0 Å². The van der Waals surface area contributed by atoms with Gasteiger partial charge in [0.05, 0.1) is 18.8 Å². The molecular weight excluding hydrogens is 232 g/mol. The zero-order valence-electron chi connectivity index (χ0n) is 10.3. The van der Waals surface area contributed by atoms with Crippen LogP contribution in [0.2, 0.25) is 0 Å². The number of rotatable bonds is 9. The van der Waals surface area contributed by atoms with Gasteiger partial charge in [0.25, 0.3) is 6.43 Å². The topological polar surface area (TPSA) is 39.7 Å². The van der Waals surface area contributed by atoms with Crippen molar-refractivity contribution in [1.82, 2.24) is 5.32 Å². The first-order chi connectivity index (χ1) is 8.19. The Labute approximate surface area is 101 Å². The van der Waals surface area contributed by atoms with Crippen LogP contribution in [-0.2, 0) is 14.2 Å². The highest BCUT2D eigenvalue weighted by Gasteiger charge is 2.41. The van der Waals surface area contributed by atoms with Crippen LogP contribution in [0.25, 0.3) is 0 Å². The number of methoxy groups -OCH3 is 1. The number of hydrogen-bond acceptors (Lipinski definition) is 4. The average molecular weight is 253 g/mol. The molecular formula is C11H21F2NO3. The van der Waals surface area contributed by atoms with Crippen molar-refractivity contribution in [2.75, 3.05) is 33.5 Å². The lowest BCUT2D eigenvalue weighted by Gasteiger charge is -2.43. The number of nitrogens with one attached hydrogen (secondary N) is 1. The molecule has 1 saturated carbocycles. The van der Waals surface area contributed by atoms with E-state index in [-0.39, 0.29) is 24.9 Å². The molecule has 1 aliphatic carbocycles. The Bertz CT molecular complexity index is 207. The molecule has 3 atom stereocenters. The lowest BCUT2D eigenvalue weighted by atomic mass is 9.85. The summed E-state index contributed by atoms with van der Waals surface area (Å²) in [5, 5.41) is 3.21. The third kappa shape index (κ3) is 4.83. The lowest BCUT2D eigenvalue weighted by Crippen LogP contribution is -2.60. The molecule has 1 rings (SSSR count). The second kappa shape index (κ2) is 7.92. The molecule has 6 heteroatoms. The molecule has 0 aromatic carbocycles. The maximum absolute atomic E-state index is 11.8. The number of halogens is 2. The van der Waals surface area contributed by atoms with Gasteiger partial charge in [0, 0.05) is 26.3 Å². The summed E-state index contributed by atoms with van der Waals surface area (Å²) in [5.41, 5.74) is 0. The van der Waals surface area contributed by atoms with E-state index in [4.69, 9.17) is 14.2 Å². The molecule has 1 N–H and O–H groups in total. The normalized spacial score (nSPS) is 28.4. The smallest absolute Gasteiger partial charge is 0.261 e. The Morgan fingerprint density at radius 2 is 2.18 bits per heavy atom. The highest BCUT2D eigenvalue weighted by Crippen LogP contribution is 2.26. The Morgan fingerprint density at radius 1 is 1.41 bits per heavy atom. The molecule has 0 spiro atoms. The van der Waals surface area contributed by atoms with Crippen LogP contribution in [0.15, 0.2) is 0 Å². The summed E-state index contributed by atoms with van der Waals surface area (Å²) in [5.74, 6) is 0. The van der Waals surface area contributed by atoms with Gasteiger partial charge in [0.1, 0.15) is 6.61 Å². The largest absolute Gasteiger partial charge is 0.377 e. The summed E-state index contributed by atoms with van der Waals surface area (Å²) in [6, 6.07) is 0.228. The van der Waals surface area contributed by atoms with Crippen molar-refractivity contribution in [3.63, 3.8) is 0 Å². The van der Waals surface area contributed by atoms with Crippen LogP contribution >= 0.6 is 0 Å². The average Bonchev–Trinajstić information content (AvgIpc) is 2.26. The molecule has 0 heterocycles. The SMILES string of the molecule is CCOC1CC(NCCOCC(F)F)C1OC. The maximum Gasteiger partial charge on any atom is 0.261 e. The van der Waals surface area contributed by atoms with Gasteiger partial charge in [0.15, 0.2) is 0 Å². The van der Waals surface area contributed by atoms with E-state index in [0.29, 0.717) is 13.2 Å². The third-order valence-corrected chi connectivity index (χ3v) is 2.80. The molecule has 102 valence electrons. The summed E-state index contributed by atoms with van der Waals surface area (Å²) in [7, 11) is 1.65. The molecule has 1 fully saturated rings. The van der Waals surface area contributed by atoms with Gasteiger partial charge < -0.3 is 19.5 Å². The van der Waals surface area contributed by atoms with E-state index in [1.54, 1.807) is 7.11 Å². The van der Waals surface area contributed by atoms with Gasteiger partial charge in [-0.05, 0) is 13.3 Å². The van der Waals surface area contributed by atoms with Gasteiger partial charge in [-0.3, -0.25) is 0 Å². The van der Waals surface area contributed by atoms with Gasteiger partial charge in [-0.15, -0.1) is 0 Å². The minimum absolute atomic E-state index is 0.0463. The fraction of sp³-hybridized carbons (Fsp3) is 1.00. The van der Waals surface area contributed by atoms with E-state index in [1.165, 1.54) is 0 Å². The second-order valence-corrected chi connectivity index (χ2v) is 3.96. The van der Waals surface area contributed by atoms with Crippen LogP contribution < -0.4 is 5.32 Å². The third-order valence-electron chi connectivity index (χ3n) is 2.80. The van der Waals surface area contributed by atoms with E-state index in [0.717, 1.165) is 6.42 Å². The lowest BCUT2D eigenvalue weighted by molar-refractivity contribution is -0.131. The van der Waals surface area contributed by atoms with Gasteiger partial charge in [-0.25, -0.2) is 8.78 Å². The Hall–Kier alpha value is -0.300. The van der Waals surface area contributed by atoms with Crippen molar-refractivity contribution >= 4 is 0 Å². The molecule has 0 aromatic heterocycles. The highest BCUT2D eigenvalue weighted by molar-refractivity contribution is 4.96. The molecule has 0 aromatic rings. The predicted octanol–water partition coefficient (Wildman–Crippen LogP) is 1.05. The first-order valence-corrected chi connectivity index (χ1v) is 5.92. The maximum atomic E-state index is 11.8. The Morgan fingerprint density at radius 3 is 2.76 bits per heavy atom. The van der Waals surface area contributed by atoms with Crippen molar-refractivity contribution in [2.45, 2.75) is 38.0 Å². The van der Waals surface area contributed by atoms with E-state index in [9.17, 15) is 8.78 Å². The van der Waals surface area contributed by atoms with Crippen molar-refractivity contribution in [1.29, 1.82) is 0 Å². The van der Waals surface area contributed by atoms with Gasteiger partial charge in [-0.1, -0.05) is 0 Å². The molecule has 1 aliphatic rings. The van der Waals surface area contributed by atoms with Crippen molar-refractivity contribution in [3.8, 4) is 0 Å². The predicted molar refractivity (Wildman–Crippen MR) is 59.4 cm³/mol. The van der Waals surface area contributed by atoms with Crippen LogP contribution in [-0.4, -0.2) is 58.2 Å². The highest BCUT2D eigenvalue weighted by atomic mass is 19.3. The van der Waals surface area contributed by atoms with E-state index in [2.05, 4.69) is 5.32 Å². The van der Waals surface area contributed by atoms with E-state index in [1.807, 2.05) is 6.92 Å². The second-order valence-electron chi connectivity index (χ2n) is 3.96. The first-order valence-electron chi connectivity index (χ1n) is 5.92. The van der Waals surface area contributed by atoms with Crippen molar-refractivity contribution in [3.05, 3.63) is 0 Å². The zero-order valence-corrected chi connectivity index (χ0v) is 10.3. The fourth-order valence-corrected chi connectivity index (χ4v) is 1.96. The zero-order chi connectivity index (χ0) is 12.7. The quantitative estimate of drug-likeness (QED) is 0.623. The molecule has 0 amide bonds. The number of alkyl halides is 2. The standard InChI is InChI=1S/C11H21F2NO3/c1-3-17-9-6-8(11(9)15-2)14-4-5-16-7-10(12)13/h8-11,14H,3-7H2,1-2H3. The monoisotopic (exact) mass is 253 g/mol. The number of hydrogen-bond donors (Lipinski definition) is 1. The Balaban J connectivity index is 2.04. The van der Waals surface area contributed by atoms with Crippen molar-refractivity contribution < 1.29 is 23.0 Å². The van der Waals surface area contributed by atoms with Gasteiger partial charge in [0.2, 0.25) is 0 Å². The van der Waals surface area contributed by atoms with Gasteiger partial charge in [-0.2, -0.15) is 0 Å². The molecule has 4 nitrogen and oxygen atoms in total. The van der Waals surface area contributed by atoms with Crippen LogP contribution in [0.5, 0.6) is 0 Å². The summed E-state index contributed by atoms with van der Waals surface area (Å²) < 4.78 is 39.1. The fourth-order valence-electron chi connectivity index (χ4n) is 1.96. The summed E-state index contributed by atoms with van der Waals surface area (Å²) in [6.07, 6.45) is -1.32. The van der Waals surface area contributed by atoms with E-state index >= 15 is 0 Å². The van der Waals surface area contributed by atoms with Gasteiger partial charge >= 0.3 is 0 Å². The van der Waals surface area contributed by atoms with Crippen LogP contribution in [0.4, 0.5) is 8.78 Å². The molecule has 17 heavy (non-hydrogen) atoms. The molecule has 0 aliphatic heterocycles. The van der Waals surface area contributed by atoms with Crippen LogP contribution in [0.3, 0.4) is 0 Å². The molecule has 0 bridgehead atoms. The van der Waals surface area contributed by atoms with E-state index < -0.39 is 13.0 Å². The minimum Gasteiger partial charge on any atom is -0.377 e. The minimum atomic E-state index is -2.40.